The molecule has 15 heavy (non-hydrogen) atoms. The lowest BCUT2D eigenvalue weighted by atomic mass is 9.67. The third-order valence-electron chi connectivity index (χ3n) is 3.70. The fourth-order valence-corrected chi connectivity index (χ4v) is 2.41. The molecular weight excluding hydrogens is 183 g/mol. The van der Waals surface area contributed by atoms with Gasteiger partial charge in [-0.25, -0.2) is 0 Å². The van der Waals surface area contributed by atoms with E-state index in [1.807, 2.05) is 0 Å². The Hall–Kier alpha value is 0.0249. The first kappa shape index (κ1) is 13.1. The van der Waals surface area contributed by atoms with Gasteiger partial charge in [-0.05, 0) is 29.6 Å². The van der Waals surface area contributed by atoms with Gasteiger partial charge in [0.2, 0.25) is 0 Å². The van der Waals surface area contributed by atoms with Gasteiger partial charge in [-0.1, -0.05) is 41.5 Å². The Balaban J connectivity index is 2.73. The summed E-state index contributed by atoms with van der Waals surface area (Å²) in [5, 5.41) is 0. The third-order valence-corrected chi connectivity index (χ3v) is 3.70. The van der Waals surface area contributed by atoms with Crippen LogP contribution in [0.4, 0.5) is 0 Å². The molecule has 0 bridgehead atoms. The zero-order chi connectivity index (χ0) is 11.9. The average molecular weight is 210 g/mol. The number of ether oxygens (including phenoxy) is 1. The molecule has 1 nitrogen and oxygen atoms in total. The standard InChI is InChI=1S/C13H27BO/c1-12(2,3)9-7-10(13(4,5)6)15-11(14)8-9/h9-11H,7-8,14H2,1-6H3. The Morgan fingerprint density at radius 2 is 1.47 bits per heavy atom. The van der Waals surface area contributed by atoms with E-state index >= 15 is 0 Å². The van der Waals surface area contributed by atoms with Crippen molar-refractivity contribution >= 4 is 7.85 Å². The maximum Gasteiger partial charge on any atom is 0.139 e. The van der Waals surface area contributed by atoms with E-state index in [-0.39, 0.29) is 5.41 Å². The summed E-state index contributed by atoms with van der Waals surface area (Å²) >= 11 is 0. The summed E-state index contributed by atoms with van der Waals surface area (Å²) in [6.07, 6.45) is 2.86. The Bertz CT molecular complexity index is 190. The van der Waals surface area contributed by atoms with Gasteiger partial charge < -0.3 is 4.74 Å². The van der Waals surface area contributed by atoms with E-state index in [1.54, 1.807) is 0 Å². The molecule has 0 aromatic rings. The molecule has 3 unspecified atom stereocenters. The quantitative estimate of drug-likeness (QED) is 0.558. The van der Waals surface area contributed by atoms with Crippen LogP contribution in [0.5, 0.6) is 0 Å². The second-order valence-corrected chi connectivity index (χ2v) is 7.34. The maximum absolute atomic E-state index is 6.08. The van der Waals surface area contributed by atoms with Gasteiger partial charge in [0.05, 0.1) is 6.10 Å². The van der Waals surface area contributed by atoms with Crippen molar-refractivity contribution in [3.63, 3.8) is 0 Å². The first-order chi connectivity index (χ1) is 6.60. The molecule has 1 heterocycles. The van der Waals surface area contributed by atoms with Gasteiger partial charge in [0.15, 0.2) is 0 Å². The molecule has 1 fully saturated rings. The Morgan fingerprint density at radius 3 is 1.87 bits per heavy atom. The van der Waals surface area contributed by atoms with E-state index in [0.717, 1.165) is 5.92 Å². The zero-order valence-electron chi connectivity index (χ0n) is 11.6. The SMILES string of the molecule is BC1CC(C(C)(C)C)CC(C(C)(C)C)O1. The van der Waals surface area contributed by atoms with Gasteiger partial charge in [0.25, 0.3) is 0 Å². The lowest BCUT2D eigenvalue weighted by molar-refractivity contribution is -0.102. The van der Waals surface area contributed by atoms with Gasteiger partial charge >= 0.3 is 0 Å². The third kappa shape index (κ3) is 3.51. The van der Waals surface area contributed by atoms with Crippen LogP contribution in [0.3, 0.4) is 0 Å². The minimum Gasteiger partial charge on any atom is -0.383 e. The monoisotopic (exact) mass is 210 g/mol. The molecule has 1 aliphatic rings. The fourth-order valence-electron chi connectivity index (χ4n) is 2.41. The second-order valence-electron chi connectivity index (χ2n) is 7.34. The van der Waals surface area contributed by atoms with Crippen molar-refractivity contribution in [2.75, 3.05) is 0 Å². The highest BCUT2D eigenvalue weighted by Crippen LogP contribution is 2.41. The normalized spacial score (nSPS) is 34.1. The molecule has 1 saturated heterocycles. The van der Waals surface area contributed by atoms with Crippen LogP contribution in [0, 0.1) is 16.7 Å². The molecule has 0 radical (unpaired) electrons. The van der Waals surface area contributed by atoms with E-state index in [2.05, 4.69) is 49.4 Å². The van der Waals surface area contributed by atoms with Crippen LogP contribution < -0.4 is 0 Å². The maximum atomic E-state index is 6.08. The van der Waals surface area contributed by atoms with E-state index in [1.165, 1.54) is 12.8 Å². The lowest BCUT2D eigenvalue weighted by Gasteiger charge is -2.45. The summed E-state index contributed by atoms with van der Waals surface area (Å²) in [7, 11) is 2.22. The van der Waals surface area contributed by atoms with Crippen molar-refractivity contribution in [2.24, 2.45) is 16.7 Å². The van der Waals surface area contributed by atoms with Crippen molar-refractivity contribution in [3.05, 3.63) is 0 Å². The summed E-state index contributed by atoms with van der Waals surface area (Å²) in [6.45, 7) is 13.9. The summed E-state index contributed by atoms with van der Waals surface area (Å²) in [4.78, 5) is 0. The highest BCUT2D eigenvalue weighted by atomic mass is 16.5. The second kappa shape index (κ2) is 4.12. The van der Waals surface area contributed by atoms with Crippen molar-refractivity contribution in [2.45, 2.75) is 66.5 Å². The van der Waals surface area contributed by atoms with Gasteiger partial charge in [-0.15, -0.1) is 0 Å². The molecule has 0 amide bonds. The zero-order valence-corrected chi connectivity index (χ0v) is 11.6. The molecule has 0 spiro atoms. The molecule has 3 atom stereocenters. The van der Waals surface area contributed by atoms with Crippen molar-refractivity contribution in [1.29, 1.82) is 0 Å². The van der Waals surface area contributed by atoms with Crippen LogP contribution >= 0.6 is 0 Å². The number of hydrogen-bond donors (Lipinski definition) is 0. The molecule has 1 aliphatic heterocycles. The molecular formula is C13H27BO. The highest BCUT2D eigenvalue weighted by molar-refractivity contribution is 6.11. The summed E-state index contributed by atoms with van der Waals surface area (Å²) < 4.78 is 6.08. The molecule has 2 heteroatoms. The van der Waals surface area contributed by atoms with E-state index in [0.29, 0.717) is 17.5 Å². The van der Waals surface area contributed by atoms with Crippen molar-refractivity contribution < 1.29 is 4.74 Å². The molecule has 1 rings (SSSR count). The summed E-state index contributed by atoms with van der Waals surface area (Å²) in [6, 6.07) is 0.423. The predicted molar refractivity (Wildman–Crippen MR) is 68.8 cm³/mol. The van der Waals surface area contributed by atoms with Gasteiger partial charge in [0, 0.05) is 6.00 Å². The van der Waals surface area contributed by atoms with Crippen molar-refractivity contribution in [1.82, 2.24) is 0 Å². The van der Waals surface area contributed by atoms with E-state index in [4.69, 9.17) is 4.74 Å². The molecule has 0 aromatic carbocycles. The molecule has 0 N–H and O–H groups in total. The fraction of sp³-hybridized carbons (Fsp3) is 1.00. The topological polar surface area (TPSA) is 9.23 Å². The molecule has 0 aliphatic carbocycles. The minimum atomic E-state index is 0.276. The largest absolute Gasteiger partial charge is 0.383 e. The molecule has 0 saturated carbocycles. The van der Waals surface area contributed by atoms with Gasteiger partial charge in [-0.2, -0.15) is 0 Å². The molecule has 88 valence electrons. The minimum absolute atomic E-state index is 0.276. The number of rotatable bonds is 0. The van der Waals surface area contributed by atoms with E-state index < -0.39 is 0 Å². The first-order valence-corrected chi connectivity index (χ1v) is 6.26. The number of hydrogen-bond acceptors (Lipinski definition) is 1. The predicted octanol–water partition coefficient (Wildman–Crippen LogP) is 2.83. The van der Waals surface area contributed by atoms with Crippen LogP contribution in [-0.2, 0) is 4.74 Å². The Kier molecular flexibility index (Phi) is 3.60. The summed E-state index contributed by atoms with van der Waals surface area (Å²) in [5.41, 5.74) is 0.694. The van der Waals surface area contributed by atoms with Crippen LogP contribution in [0.1, 0.15) is 54.4 Å². The summed E-state index contributed by atoms with van der Waals surface area (Å²) in [5.74, 6) is 0.797. The van der Waals surface area contributed by atoms with Crippen LogP contribution in [-0.4, -0.2) is 20.0 Å². The van der Waals surface area contributed by atoms with Gasteiger partial charge in [0.1, 0.15) is 7.85 Å². The smallest absolute Gasteiger partial charge is 0.139 e. The Labute approximate surface area is 96.4 Å². The first-order valence-electron chi connectivity index (χ1n) is 6.26. The molecule has 0 aromatic heterocycles. The average Bonchev–Trinajstić information content (AvgIpc) is 1.99. The van der Waals surface area contributed by atoms with Crippen LogP contribution in [0.15, 0.2) is 0 Å². The lowest BCUT2D eigenvalue weighted by Crippen LogP contribution is -2.43. The van der Waals surface area contributed by atoms with Crippen LogP contribution in [0.2, 0.25) is 0 Å². The van der Waals surface area contributed by atoms with Crippen molar-refractivity contribution in [3.8, 4) is 0 Å². The van der Waals surface area contributed by atoms with E-state index in [9.17, 15) is 0 Å². The van der Waals surface area contributed by atoms with Gasteiger partial charge in [-0.3, -0.25) is 0 Å². The highest BCUT2D eigenvalue weighted by Gasteiger charge is 2.38. The Morgan fingerprint density at radius 1 is 0.933 bits per heavy atom. The van der Waals surface area contributed by atoms with Crippen LogP contribution in [0.25, 0.3) is 0 Å².